The number of esters is 1. The topological polar surface area (TPSA) is 42.1 Å². The van der Waals surface area contributed by atoms with E-state index < -0.39 is 0 Å². The molecule has 0 aliphatic carbocycles. The van der Waals surface area contributed by atoms with Gasteiger partial charge in [0.2, 0.25) is 0 Å². The van der Waals surface area contributed by atoms with E-state index in [1.54, 1.807) is 12.3 Å². The molecule has 0 amide bonds. The van der Waals surface area contributed by atoms with Gasteiger partial charge in [0.1, 0.15) is 5.69 Å². The number of methoxy groups -OCH3 is 1. The van der Waals surface area contributed by atoms with Crippen LogP contribution >= 0.6 is 15.9 Å². The molecule has 1 heterocycles. The molecule has 0 atom stereocenters. The highest BCUT2D eigenvalue weighted by atomic mass is 79.9. The van der Waals surface area contributed by atoms with E-state index in [4.69, 9.17) is 0 Å². The van der Waals surface area contributed by atoms with Crippen LogP contribution in [0.25, 0.3) is 0 Å². The van der Waals surface area contributed by atoms with Crippen LogP contribution in [0.4, 0.5) is 0 Å². The maximum atomic E-state index is 10.8. The molecule has 1 N–H and O–H groups in total. The lowest BCUT2D eigenvalue weighted by Crippen LogP contribution is -2.00. The maximum Gasteiger partial charge on any atom is 0.354 e. The molecule has 1 aromatic heterocycles. The van der Waals surface area contributed by atoms with Crippen LogP contribution in [-0.2, 0) is 4.74 Å². The van der Waals surface area contributed by atoms with E-state index >= 15 is 0 Å². The molecule has 1 rings (SSSR count). The Labute approximate surface area is 80.2 Å². The van der Waals surface area contributed by atoms with Crippen LogP contribution in [0.2, 0.25) is 0 Å². The van der Waals surface area contributed by atoms with Gasteiger partial charge < -0.3 is 9.72 Å². The minimum atomic E-state index is -0.356. The van der Waals surface area contributed by atoms with Crippen molar-refractivity contribution in [2.24, 2.45) is 0 Å². The van der Waals surface area contributed by atoms with Crippen LogP contribution < -0.4 is 0 Å². The van der Waals surface area contributed by atoms with Crippen LogP contribution in [0, 0.1) is 0 Å². The summed E-state index contributed by atoms with van der Waals surface area (Å²) in [6, 6.07) is 1.66. The van der Waals surface area contributed by atoms with Gasteiger partial charge in [0, 0.05) is 10.7 Å². The standard InChI is InChI=1S/C6H6BrNO2.C2H6/c1-10-6(9)5-2-4(7)3-8-5;1-2/h2-3,8H,1H3;1-2H3. The molecular weight excluding hydrogens is 222 g/mol. The zero-order valence-corrected chi connectivity index (χ0v) is 8.94. The van der Waals surface area contributed by atoms with Crippen molar-refractivity contribution in [1.82, 2.24) is 4.98 Å². The first-order valence-electron chi connectivity index (χ1n) is 3.66. The van der Waals surface area contributed by atoms with Gasteiger partial charge in [0.15, 0.2) is 0 Å². The summed E-state index contributed by atoms with van der Waals surface area (Å²) in [5, 5.41) is 0. The second kappa shape index (κ2) is 5.83. The monoisotopic (exact) mass is 233 g/mol. The number of nitrogens with one attached hydrogen (secondary N) is 1. The summed E-state index contributed by atoms with van der Waals surface area (Å²) in [7, 11) is 1.34. The Hall–Kier alpha value is -0.770. The van der Waals surface area contributed by atoms with Crippen LogP contribution in [0.1, 0.15) is 24.3 Å². The third-order valence-electron chi connectivity index (χ3n) is 1.05. The van der Waals surface area contributed by atoms with Gasteiger partial charge in [0.05, 0.1) is 7.11 Å². The lowest BCUT2D eigenvalue weighted by molar-refractivity contribution is 0.0595. The van der Waals surface area contributed by atoms with Gasteiger partial charge in [-0.1, -0.05) is 13.8 Å². The smallest absolute Gasteiger partial charge is 0.354 e. The van der Waals surface area contributed by atoms with Crippen LogP contribution in [0.5, 0.6) is 0 Å². The van der Waals surface area contributed by atoms with Crippen molar-refractivity contribution in [3.05, 3.63) is 22.4 Å². The molecule has 0 bridgehead atoms. The molecule has 68 valence electrons. The van der Waals surface area contributed by atoms with E-state index in [-0.39, 0.29) is 5.97 Å². The molecule has 0 aromatic carbocycles. The first-order chi connectivity index (χ1) is 5.74. The van der Waals surface area contributed by atoms with Crippen molar-refractivity contribution >= 4 is 21.9 Å². The van der Waals surface area contributed by atoms with E-state index in [0.29, 0.717) is 5.69 Å². The summed E-state index contributed by atoms with van der Waals surface area (Å²) in [5.41, 5.74) is 0.453. The average molecular weight is 234 g/mol. The molecule has 0 aliphatic heterocycles. The number of rotatable bonds is 1. The Morgan fingerprint density at radius 1 is 1.58 bits per heavy atom. The lowest BCUT2D eigenvalue weighted by Gasteiger charge is -1.91. The third kappa shape index (κ3) is 3.09. The minimum Gasteiger partial charge on any atom is -0.464 e. The number of carbonyl (C=O) groups excluding carboxylic acids is 1. The predicted octanol–water partition coefficient (Wildman–Crippen LogP) is 2.59. The Kier molecular flexibility index (Phi) is 5.45. The molecule has 0 aliphatic rings. The quantitative estimate of drug-likeness (QED) is 0.759. The molecule has 0 saturated heterocycles. The Morgan fingerprint density at radius 3 is 2.50 bits per heavy atom. The van der Waals surface area contributed by atoms with Gasteiger partial charge in [-0.25, -0.2) is 4.79 Å². The highest BCUT2D eigenvalue weighted by Gasteiger charge is 2.05. The van der Waals surface area contributed by atoms with Gasteiger partial charge in [-0.05, 0) is 22.0 Å². The van der Waals surface area contributed by atoms with Crippen molar-refractivity contribution in [1.29, 1.82) is 0 Å². The lowest BCUT2D eigenvalue weighted by atomic mass is 10.4. The number of ether oxygens (including phenoxy) is 1. The maximum absolute atomic E-state index is 10.8. The van der Waals surface area contributed by atoms with Gasteiger partial charge in [-0.15, -0.1) is 0 Å². The number of carbonyl (C=O) groups is 1. The van der Waals surface area contributed by atoms with E-state index in [0.717, 1.165) is 4.47 Å². The summed E-state index contributed by atoms with van der Waals surface area (Å²) in [5.74, 6) is -0.356. The molecule has 0 radical (unpaired) electrons. The zero-order valence-electron chi connectivity index (χ0n) is 7.35. The Morgan fingerprint density at radius 2 is 2.17 bits per heavy atom. The van der Waals surface area contributed by atoms with Gasteiger partial charge in [-0.2, -0.15) is 0 Å². The zero-order chi connectivity index (χ0) is 9.56. The number of aromatic nitrogens is 1. The van der Waals surface area contributed by atoms with Crippen molar-refractivity contribution < 1.29 is 9.53 Å². The molecule has 4 heteroatoms. The van der Waals surface area contributed by atoms with Gasteiger partial charge in [-0.3, -0.25) is 0 Å². The first-order valence-corrected chi connectivity index (χ1v) is 4.45. The van der Waals surface area contributed by atoms with E-state index in [1.165, 1.54) is 7.11 Å². The summed E-state index contributed by atoms with van der Waals surface area (Å²) in [4.78, 5) is 13.5. The van der Waals surface area contributed by atoms with Crippen LogP contribution in [0.3, 0.4) is 0 Å². The number of hydrogen-bond donors (Lipinski definition) is 1. The molecule has 0 fully saturated rings. The van der Waals surface area contributed by atoms with Crippen molar-refractivity contribution in [2.75, 3.05) is 7.11 Å². The summed E-state index contributed by atoms with van der Waals surface area (Å²) in [6.07, 6.45) is 1.67. The number of H-pyrrole nitrogens is 1. The summed E-state index contributed by atoms with van der Waals surface area (Å²) in [6.45, 7) is 4.00. The second-order valence-corrected chi connectivity index (χ2v) is 2.64. The SMILES string of the molecule is CC.COC(=O)c1cc(Br)c[nH]1. The number of hydrogen-bond acceptors (Lipinski definition) is 2. The fourth-order valence-corrected chi connectivity index (χ4v) is 0.939. The molecule has 1 aromatic rings. The molecule has 0 unspecified atom stereocenters. The largest absolute Gasteiger partial charge is 0.464 e. The highest BCUT2D eigenvalue weighted by molar-refractivity contribution is 9.10. The first kappa shape index (κ1) is 11.2. The molecule has 0 spiro atoms. The van der Waals surface area contributed by atoms with Crippen LogP contribution in [0.15, 0.2) is 16.7 Å². The van der Waals surface area contributed by atoms with E-state index in [9.17, 15) is 4.79 Å². The van der Waals surface area contributed by atoms with E-state index in [2.05, 4.69) is 25.7 Å². The summed E-state index contributed by atoms with van der Waals surface area (Å²) < 4.78 is 5.30. The normalized spacial score (nSPS) is 8.33. The van der Waals surface area contributed by atoms with Crippen molar-refractivity contribution in [3.63, 3.8) is 0 Å². The number of aromatic amines is 1. The van der Waals surface area contributed by atoms with Crippen LogP contribution in [-0.4, -0.2) is 18.1 Å². The predicted molar refractivity (Wildman–Crippen MR) is 51.2 cm³/mol. The van der Waals surface area contributed by atoms with Crippen molar-refractivity contribution in [2.45, 2.75) is 13.8 Å². The Bertz CT molecular complexity index is 245. The fraction of sp³-hybridized carbons (Fsp3) is 0.375. The van der Waals surface area contributed by atoms with Gasteiger partial charge >= 0.3 is 5.97 Å². The van der Waals surface area contributed by atoms with Gasteiger partial charge in [0.25, 0.3) is 0 Å². The molecule has 3 nitrogen and oxygen atoms in total. The van der Waals surface area contributed by atoms with E-state index in [1.807, 2.05) is 13.8 Å². The molecule has 0 saturated carbocycles. The average Bonchev–Trinajstić information content (AvgIpc) is 2.54. The van der Waals surface area contributed by atoms with Crippen molar-refractivity contribution in [3.8, 4) is 0 Å². The second-order valence-electron chi connectivity index (χ2n) is 1.72. The highest BCUT2D eigenvalue weighted by Crippen LogP contribution is 2.10. The third-order valence-corrected chi connectivity index (χ3v) is 1.51. The molecule has 12 heavy (non-hydrogen) atoms. The fourth-order valence-electron chi connectivity index (χ4n) is 0.596. The minimum absolute atomic E-state index is 0.356. The number of halogens is 1. The Balaban J connectivity index is 0.000000561. The summed E-state index contributed by atoms with van der Waals surface area (Å²) >= 11 is 3.19. The molecular formula is C8H12BrNO2.